The van der Waals surface area contributed by atoms with Crippen LogP contribution in [0.25, 0.3) is 0 Å². The van der Waals surface area contributed by atoms with Gasteiger partial charge >= 0.3 is 0 Å². The molecule has 25 heavy (non-hydrogen) atoms. The summed E-state index contributed by atoms with van der Waals surface area (Å²) < 4.78 is 52.0. The van der Waals surface area contributed by atoms with Crippen molar-refractivity contribution < 1.29 is 16.8 Å². The fourth-order valence-corrected chi connectivity index (χ4v) is 3.99. The van der Waals surface area contributed by atoms with E-state index in [2.05, 4.69) is 9.71 Å². The molecule has 0 amide bonds. The van der Waals surface area contributed by atoms with Gasteiger partial charge in [0, 0.05) is 32.0 Å². The van der Waals surface area contributed by atoms with Gasteiger partial charge in [-0.1, -0.05) is 23.8 Å². The number of hydrogen-bond donors (Lipinski definition) is 1. The summed E-state index contributed by atoms with van der Waals surface area (Å²) in [4.78, 5) is 4.10. The van der Waals surface area contributed by atoms with Crippen molar-refractivity contribution in [2.24, 2.45) is 0 Å². The molecule has 0 aliphatic rings. The molecule has 0 saturated carbocycles. The van der Waals surface area contributed by atoms with Gasteiger partial charge in [0.2, 0.25) is 20.0 Å². The number of benzene rings is 1. The number of pyridine rings is 1. The maximum atomic E-state index is 12.2. The van der Waals surface area contributed by atoms with Crippen LogP contribution in [0, 0.1) is 6.92 Å². The Hall–Kier alpha value is -1.81. The number of aromatic nitrogens is 1. The smallest absolute Gasteiger partial charge is 0.240 e. The second-order valence-corrected chi connectivity index (χ2v) is 9.42. The number of rotatable bonds is 8. The molecule has 0 atom stereocenters. The number of nitrogens with one attached hydrogen (secondary N) is 1. The molecule has 0 unspecified atom stereocenters. The molecule has 0 saturated heterocycles. The average molecular weight is 383 g/mol. The van der Waals surface area contributed by atoms with E-state index < -0.39 is 20.0 Å². The summed E-state index contributed by atoms with van der Waals surface area (Å²) in [6, 6.07) is 9.93. The molecule has 1 aromatic heterocycles. The van der Waals surface area contributed by atoms with E-state index in [1.165, 1.54) is 16.4 Å². The number of aryl methyl sites for hydroxylation is 1. The van der Waals surface area contributed by atoms with Crippen LogP contribution in [0.15, 0.2) is 53.7 Å². The molecule has 0 aliphatic carbocycles. The van der Waals surface area contributed by atoms with Gasteiger partial charge in [-0.05, 0) is 30.7 Å². The second kappa shape index (κ2) is 8.05. The van der Waals surface area contributed by atoms with E-state index in [1.807, 2.05) is 6.92 Å². The molecule has 7 nitrogen and oxygen atoms in total. The van der Waals surface area contributed by atoms with Gasteiger partial charge < -0.3 is 0 Å². The third-order valence-electron chi connectivity index (χ3n) is 3.54. The van der Waals surface area contributed by atoms with Crippen LogP contribution < -0.4 is 4.72 Å². The highest BCUT2D eigenvalue weighted by Gasteiger charge is 2.19. The number of sulfonamides is 2. The van der Waals surface area contributed by atoms with Crippen molar-refractivity contribution in [3.05, 3.63) is 59.9 Å². The molecule has 0 fully saturated rings. The second-order valence-electron chi connectivity index (χ2n) is 5.67. The van der Waals surface area contributed by atoms with Crippen LogP contribution in [0.3, 0.4) is 0 Å². The van der Waals surface area contributed by atoms with Crippen molar-refractivity contribution in [3.8, 4) is 0 Å². The van der Waals surface area contributed by atoms with E-state index in [1.54, 1.807) is 36.7 Å². The van der Waals surface area contributed by atoms with E-state index in [0.717, 1.165) is 17.4 Å². The Morgan fingerprint density at radius 2 is 1.76 bits per heavy atom. The van der Waals surface area contributed by atoms with Gasteiger partial charge in [0.15, 0.2) is 0 Å². The Morgan fingerprint density at radius 1 is 1.08 bits per heavy atom. The lowest BCUT2D eigenvalue weighted by molar-refractivity contribution is 0.412. The number of nitrogens with zero attached hydrogens (tertiary/aromatic N) is 2. The van der Waals surface area contributed by atoms with Crippen molar-refractivity contribution in [1.29, 1.82) is 0 Å². The molecule has 1 heterocycles. The Labute approximate surface area is 148 Å². The molecule has 2 rings (SSSR count). The molecular weight excluding hydrogens is 362 g/mol. The summed E-state index contributed by atoms with van der Waals surface area (Å²) in [6.45, 7) is 2.01. The molecule has 136 valence electrons. The SMILES string of the molecule is Cc1ccc(S(=O)(=O)NCCN(Cc2cccnc2)S(C)(=O)=O)cc1. The highest BCUT2D eigenvalue weighted by Crippen LogP contribution is 2.10. The van der Waals surface area contributed by atoms with E-state index in [9.17, 15) is 16.8 Å². The zero-order valence-electron chi connectivity index (χ0n) is 14.1. The quantitative estimate of drug-likeness (QED) is 0.737. The molecule has 9 heteroatoms. The van der Waals surface area contributed by atoms with E-state index >= 15 is 0 Å². The van der Waals surface area contributed by atoms with Crippen molar-refractivity contribution >= 4 is 20.0 Å². The summed E-state index contributed by atoms with van der Waals surface area (Å²) in [7, 11) is -7.16. The van der Waals surface area contributed by atoms with Crippen LogP contribution in [-0.4, -0.2) is 45.5 Å². The Balaban J connectivity index is 2.02. The average Bonchev–Trinajstić information content (AvgIpc) is 2.54. The maximum absolute atomic E-state index is 12.2. The molecule has 1 aromatic carbocycles. The number of hydrogen-bond acceptors (Lipinski definition) is 5. The van der Waals surface area contributed by atoms with E-state index in [-0.39, 0.29) is 24.5 Å². The lowest BCUT2D eigenvalue weighted by Crippen LogP contribution is -2.37. The first-order chi connectivity index (χ1) is 11.7. The highest BCUT2D eigenvalue weighted by atomic mass is 32.2. The van der Waals surface area contributed by atoms with Gasteiger partial charge in [0.1, 0.15) is 0 Å². The highest BCUT2D eigenvalue weighted by molar-refractivity contribution is 7.89. The van der Waals surface area contributed by atoms with Crippen LogP contribution in [0.5, 0.6) is 0 Å². The van der Waals surface area contributed by atoms with Gasteiger partial charge in [0.25, 0.3) is 0 Å². The molecule has 1 N–H and O–H groups in total. The fourth-order valence-electron chi connectivity index (χ4n) is 2.16. The van der Waals surface area contributed by atoms with Crippen LogP contribution in [0.1, 0.15) is 11.1 Å². The largest absolute Gasteiger partial charge is 0.264 e. The lowest BCUT2D eigenvalue weighted by Gasteiger charge is -2.20. The zero-order chi connectivity index (χ0) is 18.5. The lowest BCUT2D eigenvalue weighted by atomic mass is 10.2. The van der Waals surface area contributed by atoms with Gasteiger partial charge in [-0.25, -0.2) is 21.6 Å². The summed E-state index contributed by atoms with van der Waals surface area (Å²) in [5.41, 5.74) is 1.69. The molecule has 2 aromatic rings. The standard InChI is InChI=1S/C16H21N3O4S2/c1-14-5-7-16(8-6-14)25(22,23)18-10-11-19(24(2,20)21)13-15-4-3-9-17-12-15/h3-9,12,18H,10-11,13H2,1-2H3. The van der Waals surface area contributed by atoms with Crippen LogP contribution in [-0.2, 0) is 26.6 Å². The van der Waals surface area contributed by atoms with Crippen molar-refractivity contribution in [1.82, 2.24) is 14.0 Å². The first kappa shape index (κ1) is 19.5. The van der Waals surface area contributed by atoms with Gasteiger partial charge in [-0.2, -0.15) is 4.31 Å². The Kier molecular flexibility index (Phi) is 6.28. The summed E-state index contributed by atoms with van der Waals surface area (Å²) >= 11 is 0. The third kappa shape index (κ3) is 5.89. The van der Waals surface area contributed by atoms with Crippen LogP contribution in [0.2, 0.25) is 0 Å². The molecule has 0 radical (unpaired) electrons. The minimum atomic E-state index is -3.67. The van der Waals surface area contributed by atoms with E-state index in [0.29, 0.717) is 0 Å². The maximum Gasteiger partial charge on any atom is 0.240 e. The first-order valence-electron chi connectivity index (χ1n) is 7.59. The fraction of sp³-hybridized carbons (Fsp3) is 0.312. The molecule has 0 spiro atoms. The van der Waals surface area contributed by atoms with E-state index in [4.69, 9.17) is 0 Å². The van der Waals surface area contributed by atoms with Gasteiger partial charge in [-0.15, -0.1) is 0 Å². The van der Waals surface area contributed by atoms with Crippen LogP contribution in [0.4, 0.5) is 0 Å². The topological polar surface area (TPSA) is 96.4 Å². The van der Waals surface area contributed by atoms with Gasteiger partial charge in [0.05, 0.1) is 11.2 Å². The van der Waals surface area contributed by atoms with Crippen molar-refractivity contribution in [3.63, 3.8) is 0 Å². The first-order valence-corrected chi connectivity index (χ1v) is 10.9. The Bertz CT molecular complexity index is 896. The van der Waals surface area contributed by atoms with Gasteiger partial charge in [-0.3, -0.25) is 4.98 Å². The zero-order valence-corrected chi connectivity index (χ0v) is 15.7. The normalized spacial score (nSPS) is 12.4. The van der Waals surface area contributed by atoms with Crippen molar-refractivity contribution in [2.75, 3.05) is 19.3 Å². The Morgan fingerprint density at radius 3 is 2.32 bits per heavy atom. The minimum Gasteiger partial charge on any atom is -0.264 e. The predicted octanol–water partition coefficient (Wildman–Crippen LogP) is 1.13. The van der Waals surface area contributed by atoms with Crippen LogP contribution >= 0.6 is 0 Å². The summed E-state index contributed by atoms with van der Waals surface area (Å²) in [6.07, 6.45) is 4.27. The molecular formula is C16H21N3O4S2. The predicted molar refractivity (Wildman–Crippen MR) is 95.9 cm³/mol. The summed E-state index contributed by atoms with van der Waals surface area (Å²) in [5, 5.41) is 0. The minimum absolute atomic E-state index is 0.0243. The monoisotopic (exact) mass is 383 g/mol. The third-order valence-corrected chi connectivity index (χ3v) is 6.26. The molecule has 0 aliphatic heterocycles. The van der Waals surface area contributed by atoms with Crippen molar-refractivity contribution in [2.45, 2.75) is 18.4 Å². The summed E-state index contributed by atoms with van der Waals surface area (Å²) in [5.74, 6) is 0. The molecule has 0 bridgehead atoms.